The van der Waals surface area contributed by atoms with Crippen LogP contribution in [0.3, 0.4) is 0 Å². The normalized spacial score (nSPS) is 17.6. The zero-order valence-electron chi connectivity index (χ0n) is 12.3. The summed E-state index contributed by atoms with van der Waals surface area (Å²) in [5.41, 5.74) is 2.64. The van der Waals surface area contributed by atoms with Crippen LogP contribution in [-0.4, -0.2) is 23.3 Å². The van der Waals surface area contributed by atoms with E-state index in [-0.39, 0.29) is 24.2 Å². The van der Waals surface area contributed by atoms with E-state index in [1.54, 1.807) is 29.4 Å². The van der Waals surface area contributed by atoms with Crippen molar-refractivity contribution < 1.29 is 9.59 Å². The summed E-state index contributed by atoms with van der Waals surface area (Å²) in [6, 6.07) is 11.2. The predicted octanol–water partition coefficient (Wildman–Crippen LogP) is 2.38. The number of pyridine rings is 1. The first-order valence-corrected chi connectivity index (χ1v) is 7.21. The van der Waals surface area contributed by atoms with Gasteiger partial charge in [-0.05, 0) is 36.8 Å². The largest absolute Gasteiger partial charge is 0.326 e. The smallest absolute Gasteiger partial charge is 0.229 e. The van der Waals surface area contributed by atoms with Crippen molar-refractivity contribution in [3.63, 3.8) is 0 Å². The quantitative estimate of drug-likeness (QED) is 0.945. The molecule has 22 heavy (non-hydrogen) atoms. The molecule has 2 aromatic rings. The Balaban J connectivity index is 1.70. The molecular weight excluding hydrogens is 278 g/mol. The molecule has 1 aliphatic rings. The van der Waals surface area contributed by atoms with E-state index in [1.165, 1.54) is 0 Å². The molecule has 0 saturated carbocycles. The SMILES string of the molecule is Cc1cccc(N2C[C@@H](C(=O)Nc3ccncc3)CC2=O)c1. The van der Waals surface area contributed by atoms with Gasteiger partial charge >= 0.3 is 0 Å². The Morgan fingerprint density at radius 2 is 2.05 bits per heavy atom. The van der Waals surface area contributed by atoms with Crippen LogP contribution in [0.4, 0.5) is 11.4 Å². The van der Waals surface area contributed by atoms with Crippen molar-refractivity contribution in [1.29, 1.82) is 0 Å². The van der Waals surface area contributed by atoms with E-state index >= 15 is 0 Å². The van der Waals surface area contributed by atoms with E-state index in [2.05, 4.69) is 10.3 Å². The number of anilines is 2. The number of benzene rings is 1. The monoisotopic (exact) mass is 295 g/mol. The Labute approximate surface area is 129 Å². The van der Waals surface area contributed by atoms with Crippen molar-refractivity contribution in [3.8, 4) is 0 Å². The van der Waals surface area contributed by atoms with Crippen molar-refractivity contribution in [1.82, 2.24) is 4.98 Å². The molecule has 1 N–H and O–H groups in total. The zero-order chi connectivity index (χ0) is 15.5. The number of amides is 2. The average Bonchev–Trinajstić information content (AvgIpc) is 2.90. The van der Waals surface area contributed by atoms with Gasteiger partial charge in [0.2, 0.25) is 11.8 Å². The second-order valence-corrected chi connectivity index (χ2v) is 5.47. The first kappa shape index (κ1) is 14.3. The van der Waals surface area contributed by atoms with Gasteiger partial charge < -0.3 is 10.2 Å². The predicted molar refractivity (Wildman–Crippen MR) is 84.5 cm³/mol. The molecule has 3 rings (SSSR count). The van der Waals surface area contributed by atoms with Crippen LogP contribution < -0.4 is 10.2 Å². The van der Waals surface area contributed by atoms with Crippen molar-refractivity contribution >= 4 is 23.2 Å². The molecule has 0 radical (unpaired) electrons. The first-order valence-electron chi connectivity index (χ1n) is 7.21. The van der Waals surface area contributed by atoms with Crippen LogP contribution in [0, 0.1) is 12.8 Å². The van der Waals surface area contributed by atoms with Gasteiger partial charge in [-0.1, -0.05) is 12.1 Å². The fourth-order valence-corrected chi connectivity index (χ4v) is 2.61. The first-order chi connectivity index (χ1) is 10.6. The molecule has 2 heterocycles. The number of nitrogens with one attached hydrogen (secondary N) is 1. The molecule has 1 aromatic heterocycles. The van der Waals surface area contributed by atoms with E-state index in [0.717, 1.165) is 11.3 Å². The third kappa shape index (κ3) is 2.98. The van der Waals surface area contributed by atoms with Gasteiger partial charge in [-0.3, -0.25) is 14.6 Å². The average molecular weight is 295 g/mol. The molecule has 112 valence electrons. The van der Waals surface area contributed by atoms with Gasteiger partial charge in [-0.25, -0.2) is 0 Å². The Bertz CT molecular complexity index is 700. The summed E-state index contributed by atoms with van der Waals surface area (Å²) in [7, 11) is 0. The molecule has 1 aromatic carbocycles. The summed E-state index contributed by atoms with van der Waals surface area (Å²) in [5.74, 6) is -0.476. The molecule has 0 spiro atoms. The molecule has 1 fully saturated rings. The third-order valence-corrected chi connectivity index (χ3v) is 3.76. The minimum absolute atomic E-state index is 0.0134. The van der Waals surface area contributed by atoms with Crippen molar-refractivity contribution in [2.75, 3.05) is 16.8 Å². The van der Waals surface area contributed by atoms with Crippen molar-refractivity contribution in [3.05, 3.63) is 54.4 Å². The van der Waals surface area contributed by atoms with E-state index < -0.39 is 0 Å². The number of nitrogens with zero attached hydrogens (tertiary/aromatic N) is 2. The highest BCUT2D eigenvalue weighted by Crippen LogP contribution is 2.26. The summed E-state index contributed by atoms with van der Waals surface area (Å²) in [6.07, 6.45) is 3.48. The van der Waals surface area contributed by atoms with Crippen LogP contribution in [-0.2, 0) is 9.59 Å². The maximum Gasteiger partial charge on any atom is 0.229 e. The van der Waals surface area contributed by atoms with Gasteiger partial charge in [0.1, 0.15) is 0 Å². The zero-order valence-corrected chi connectivity index (χ0v) is 12.3. The summed E-state index contributed by atoms with van der Waals surface area (Å²) >= 11 is 0. The van der Waals surface area contributed by atoms with Gasteiger partial charge in [0.15, 0.2) is 0 Å². The third-order valence-electron chi connectivity index (χ3n) is 3.76. The highest BCUT2D eigenvalue weighted by atomic mass is 16.2. The molecule has 1 saturated heterocycles. The van der Waals surface area contributed by atoms with Crippen LogP contribution in [0.1, 0.15) is 12.0 Å². The van der Waals surface area contributed by atoms with Gasteiger partial charge in [-0.15, -0.1) is 0 Å². The standard InChI is InChI=1S/C17H17N3O2/c1-12-3-2-4-15(9-12)20-11-13(10-16(20)21)17(22)19-14-5-7-18-8-6-14/h2-9,13H,10-11H2,1H3,(H,18,19,22)/t13-/m0/s1. The topological polar surface area (TPSA) is 62.3 Å². The maximum absolute atomic E-state index is 12.3. The number of rotatable bonds is 3. The molecule has 0 bridgehead atoms. The van der Waals surface area contributed by atoms with Crippen molar-refractivity contribution in [2.45, 2.75) is 13.3 Å². The number of aryl methyl sites for hydroxylation is 1. The number of hydrogen-bond donors (Lipinski definition) is 1. The lowest BCUT2D eigenvalue weighted by Gasteiger charge is -2.17. The molecule has 1 aliphatic heterocycles. The molecule has 0 aliphatic carbocycles. The Kier molecular flexibility index (Phi) is 3.87. The molecular formula is C17H17N3O2. The highest BCUT2D eigenvalue weighted by Gasteiger charge is 2.35. The van der Waals surface area contributed by atoms with E-state index in [1.807, 2.05) is 31.2 Å². The summed E-state index contributed by atoms with van der Waals surface area (Å²) < 4.78 is 0. The van der Waals surface area contributed by atoms with Gasteiger partial charge in [0, 0.05) is 36.7 Å². The lowest BCUT2D eigenvalue weighted by atomic mass is 10.1. The summed E-state index contributed by atoms with van der Waals surface area (Å²) in [5, 5.41) is 2.83. The number of hydrogen-bond acceptors (Lipinski definition) is 3. The fraction of sp³-hybridized carbons (Fsp3) is 0.235. The van der Waals surface area contributed by atoms with Crippen LogP contribution >= 0.6 is 0 Å². The van der Waals surface area contributed by atoms with Gasteiger partial charge in [-0.2, -0.15) is 0 Å². The molecule has 2 amide bonds. The fourth-order valence-electron chi connectivity index (χ4n) is 2.61. The van der Waals surface area contributed by atoms with E-state index in [4.69, 9.17) is 0 Å². The van der Waals surface area contributed by atoms with Crippen LogP contribution in [0.2, 0.25) is 0 Å². The van der Waals surface area contributed by atoms with E-state index in [9.17, 15) is 9.59 Å². The van der Waals surface area contributed by atoms with Crippen LogP contribution in [0.25, 0.3) is 0 Å². The minimum Gasteiger partial charge on any atom is -0.326 e. The van der Waals surface area contributed by atoms with Gasteiger partial charge in [0.05, 0.1) is 5.92 Å². The molecule has 5 heteroatoms. The molecule has 0 unspecified atom stereocenters. The van der Waals surface area contributed by atoms with Crippen molar-refractivity contribution in [2.24, 2.45) is 5.92 Å². The number of carbonyl (C=O) groups excluding carboxylic acids is 2. The Hall–Kier alpha value is -2.69. The Morgan fingerprint density at radius 3 is 2.77 bits per heavy atom. The van der Waals surface area contributed by atoms with Crippen LogP contribution in [0.5, 0.6) is 0 Å². The van der Waals surface area contributed by atoms with E-state index in [0.29, 0.717) is 12.2 Å². The molecule has 1 atom stereocenters. The highest BCUT2D eigenvalue weighted by molar-refractivity contribution is 6.03. The minimum atomic E-state index is -0.332. The number of carbonyl (C=O) groups is 2. The lowest BCUT2D eigenvalue weighted by molar-refractivity contribution is -0.122. The maximum atomic E-state index is 12.3. The second kappa shape index (κ2) is 5.97. The summed E-state index contributed by atoms with van der Waals surface area (Å²) in [4.78, 5) is 30.1. The second-order valence-electron chi connectivity index (χ2n) is 5.47. The summed E-state index contributed by atoms with van der Waals surface area (Å²) in [6.45, 7) is 2.40. The van der Waals surface area contributed by atoms with Crippen LogP contribution in [0.15, 0.2) is 48.8 Å². The number of aromatic nitrogens is 1. The van der Waals surface area contributed by atoms with Gasteiger partial charge in [0.25, 0.3) is 0 Å². The Morgan fingerprint density at radius 1 is 1.27 bits per heavy atom. The lowest BCUT2D eigenvalue weighted by Crippen LogP contribution is -2.28. The molecule has 5 nitrogen and oxygen atoms in total.